The van der Waals surface area contributed by atoms with Crippen molar-refractivity contribution in [2.75, 3.05) is 6.61 Å². The monoisotopic (exact) mass is 302 g/mol. The normalized spacial score (nSPS) is 14.8. The molecule has 2 atom stereocenters. The van der Waals surface area contributed by atoms with E-state index < -0.39 is 0 Å². The summed E-state index contributed by atoms with van der Waals surface area (Å²) >= 11 is 0. The van der Waals surface area contributed by atoms with Crippen LogP contribution in [0.15, 0.2) is 0 Å². The lowest BCUT2D eigenvalue weighted by atomic mass is 9.89. The van der Waals surface area contributed by atoms with Crippen molar-refractivity contribution in [2.24, 2.45) is 11.3 Å². The molecule has 1 N–H and O–H groups in total. The molecule has 4 nitrogen and oxygen atoms in total. The van der Waals surface area contributed by atoms with Crippen LogP contribution < -0.4 is 0 Å². The molecular weight excluding hydrogens is 268 g/mol. The molecular formula is C17H34O4. The van der Waals surface area contributed by atoms with Crippen LogP contribution in [0.25, 0.3) is 0 Å². The van der Waals surface area contributed by atoms with E-state index in [1.165, 1.54) is 6.42 Å². The fourth-order valence-corrected chi connectivity index (χ4v) is 2.06. The SMILES string of the molecule is CCC(O)CC(C)COOC(=O)CCCCCC(C)(C)C. The Labute approximate surface area is 130 Å². The van der Waals surface area contributed by atoms with E-state index in [9.17, 15) is 9.90 Å². The van der Waals surface area contributed by atoms with Gasteiger partial charge in [-0.15, -0.1) is 0 Å². The number of rotatable bonds is 11. The van der Waals surface area contributed by atoms with Gasteiger partial charge in [0.2, 0.25) is 0 Å². The number of unbranched alkanes of at least 4 members (excludes halogenated alkanes) is 2. The van der Waals surface area contributed by atoms with Crippen molar-refractivity contribution in [2.45, 2.75) is 85.7 Å². The van der Waals surface area contributed by atoms with Gasteiger partial charge in [-0.2, -0.15) is 4.89 Å². The first-order valence-corrected chi connectivity index (χ1v) is 8.25. The Morgan fingerprint density at radius 3 is 2.43 bits per heavy atom. The Kier molecular flexibility index (Phi) is 10.7. The van der Waals surface area contributed by atoms with Crippen LogP contribution in [-0.2, 0) is 14.6 Å². The van der Waals surface area contributed by atoms with Crippen molar-refractivity contribution in [3.63, 3.8) is 0 Å². The summed E-state index contributed by atoms with van der Waals surface area (Å²) in [5.41, 5.74) is 0.364. The maximum absolute atomic E-state index is 11.5. The first-order valence-electron chi connectivity index (χ1n) is 8.25. The van der Waals surface area contributed by atoms with Gasteiger partial charge in [-0.25, -0.2) is 4.79 Å². The largest absolute Gasteiger partial charge is 0.393 e. The standard InChI is InChI=1S/C17H34O4/c1-6-15(18)12-14(2)13-20-21-16(19)10-8-7-9-11-17(3,4)5/h14-15,18H,6-13H2,1-5H3. The zero-order chi connectivity index (χ0) is 16.3. The van der Waals surface area contributed by atoms with Gasteiger partial charge in [-0.3, -0.25) is 4.89 Å². The topological polar surface area (TPSA) is 55.8 Å². The fourth-order valence-electron chi connectivity index (χ4n) is 2.06. The van der Waals surface area contributed by atoms with Crippen molar-refractivity contribution in [3.8, 4) is 0 Å². The number of carbonyl (C=O) groups is 1. The Hall–Kier alpha value is -0.610. The van der Waals surface area contributed by atoms with Gasteiger partial charge in [-0.1, -0.05) is 47.5 Å². The number of carbonyl (C=O) groups excluding carboxylic acids is 1. The molecule has 0 aromatic carbocycles. The van der Waals surface area contributed by atoms with Crippen LogP contribution in [0.5, 0.6) is 0 Å². The third-order valence-corrected chi connectivity index (χ3v) is 3.46. The highest BCUT2D eigenvalue weighted by molar-refractivity contribution is 5.68. The van der Waals surface area contributed by atoms with Gasteiger partial charge in [0, 0.05) is 6.42 Å². The molecule has 0 rings (SSSR count). The summed E-state index contributed by atoms with van der Waals surface area (Å²) in [6.07, 6.45) is 5.73. The average Bonchev–Trinajstić information content (AvgIpc) is 2.36. The molecule has 0 aliphatic carbocycles. The number of aliphatic hydroxyl groups is 1. The van der Waals surface area contributed by atoms with Crippen LogP contribution in [0.3, 0.4) is 0 Å². The maximum atomic E-state index is 11.5. The molecule has 0 fully saturated rings. The number of hydrogen-bond acceptors (Lipinski definition) is 4. The molecule has 4 heteroatoms. The van der Waals surface area contributed by atoms with E-state index in [2.05, 4.69) is 20.8 Å². The third kappa shape index (κ3) is 14.1. The maximum Gasteiger partial charge on any atom is 0.342 e. The molecule has 0 radical (unpaired) electrons. The molecule has 0 heterocycles. The lowest BCUT2D eigenvalue weighted by Gasteiger charge is -2.17. The van der Waals surface area contributed by atoms with E-state index in [0.29, 0.717) is 24.9 Å². The minimum atomic E-state index is -0.304. The molecule has 0 amide bonds. The van der Waals surface area contributed by atoms with Crippen LogP contribution in [0.4, 0.5) is 0 Å². The molecule has 0 saturated carbocycles. The van der Waals surface area contributed by atoms with Crippen molar-refractivity contribution < 1.29 is 19.7 Å². The third-order valence-electron chi connectivity index (χ3n) is 3.46. The van der Waals surface area contributed by atoms with Gasteiger partial charge < -0.3 is 5.11 Å². The van der Waals surface area contributed by atoms with Crippen LogP contribution in [0.2, 0.25) is 0 Å². The van der Waals surface area contributed by atoms with Crippen LogP contribution in [-0.4, -0.2) is 23.8 Å². The van der Waals surface area contributed by atoms with Crippen LogP contribution in [0.1, 0.15) is 79.6 Å². The Morgan fingerprint density at radius 2 is 1.86 bits per heavy atom. The quantitative estimate of drug-likeness (QED) is 0.352. The predicted molar refractivity (Wildman–Crippen MR) is 84.7 cm³/mol. The van der Waals surface area contributed by atoms with Crippen LogP contribution in [0, 0.1) is 11.3 Å². The number of aliphatic hydroxyl groups excluding tert-OH is 1. The summed E-state index contributed by atoms with van der Waals surface area (Å²) in [6, 6.07) is 0. The summed E-state index contributed by atoms with van der Waals surface area (Å²) in [5, 5.41) is 9.50. The summed E-state index contributed by atoms with van der Waals surface area (Å²) in [7, 11) is 0. The molecule has 126 valence electrons. The van der Waals surface area contributed by atoms with E-state index in [-0.39, 0.29) is 18.0 Å². The predicted octanol–water partition coefficient (Wildman–Crippen LogP) is 4.25. The molecule has 0 saturated heterocycles. The highest BCUT2D eigenvalue weighted by Gasteiger charge is 2.12. The van der Waals surface area contributed by atoms with E-state index in [1.54, 1.807) is 0 Å². The van der Waals surface area contributed by atoms with Gasteiger partial charge in [0.1, 0.15) is 0 Å². The Balaban J connectivity index is 3.50. The average molecular weight is 302 g/mol. The molecule has 0 bridgehead atoms. The summed E-state index contributed by atoms with van der Waals surface area (Å²) < 4.78 is 0. The van der Waals surface area contributed by atoms with Crippen molar-refractivity contribution >= 4 is 5.97 Å². The summed E-state index contributed by atoms with van der Waals surface area (Å²) in [6.45, 7) is 10.9. The van der Waals surface area contributed by atoms with E-state index >= 15 is 0 Å². The first-order chi connectivity index (χ1) is 9.74. The lowest BCUT2D eigenvalue weighted by Crippen LogP contribution is -2.16. The van der Waals surface area contributed by atoms with Crippen molar-refractivity contribution in [3.05, 3.63) is 0 Å². The van der Waals surface area contributed by atoms with E-state index in [4.69, 9.17) is 9.78 Å². The highest BCUT2D eigenvalue weighted by atomic mass is 17.2. The van der Waals surface area contributed by atoms with Gasteiger partial charge in [0.05, 0.1) is 12.7 Å². The second kappa shape index (κ2) is 11.0. The van der Waals surface area contributed by atoms with Crippen molar-refractivity contribution in [1.82, 2.24) is 0 Å². The Morgan fingerprint density at radius 1 is 1.19 bits per heavy atom. The zero-order valence-corrected chi connectivity index (χ0v) is 14.5. The van der Waals surface area contributed by atoms with Crippen molar-refractivity contribution in [1.29, 1.82) is 0 Å². The zero-order valence-electron chi connectivity index (χ0n) is 14.5. The molecule has 0 aliphatic heterocycles. The molecule has 0 aromatic heterocycles. The Bertz CT molecular complexity index is 270. The minimum Gasteiger partial charge on any atom is -0.393 e. The van der Waals surface area contributed by atoms with E-state index in [1.807, 2.05) is 13.8 Å². The molecule has 21 heavy (non-hydrogen) atoms. The minimum absolute atomic E-state index is 0.180. The summed E-state index contributed by atoms with van der Waals surface area (Å²) in [5.74, 6) is -0.117. The van der Waals surface area contributed by atoms with Gasteiger partial charge in [0.15, 0.2) is 0 Å². The molecule has 0 aliphatic rings. The summed E-state index contributed by atoms with van der Waals surface area (Å²) in [4.78, 5) is 21.2. The molecule has 0 aromatic rings. The van der Waals surface area contributed by atoms with Gasteiger partial charge in [0.25, 0.3) is 0 Å². The fraction of sp³-hybridized carbons (Fsp3) is 0.941. The van der Waals surface area contributed by atoms with Gasteiger partial charge >= 0.3 is 5.97 Å². The van der Waals surface area contributed by atoms with Gasteiger partial charge in [-0.05, 0) is 37.0 Å². The highest BCUT2D eigenvalue weighted by Crippen LogP contribution is 2.22. The molecule has 2 unspecified atom stereocenters. The molecule has 0 spiro atoms. The second-order valence-electron chi connectivity index (χ2n) is 7.26. The van der Waals surface area contributed by atoms with E-state index in [0.717, 1.165) is 25.7 Å². The number of hydrogen-bond donors (Lipinski definition) is 1. The first kappa shape index (κ1) is 20.4. The smallest absolute Gasteiger partial charge is 0.342 e. The lowest BCUT2D eigenvalue weighted by molar-refractivity contribution is -0.278. The second-order valence-corrected chi connectivity index (χ2v) is 7.26. The van der Waals surface area contributed by atoms with Crippen LogP contribution >= 0.6 is 0 Å².